The molecule has 0 saturated carbocycles. The van der Waals surface area contributed by atoms with Gasteiger partial charge in [-0.2, -0.15) is 0 Å². The molecule has 2 aliphatic rings. The van der Waals surface area contributed by atoms with Gasteiger partial charge < -0.3 is 23.7 Å². The van der Waals surface area contributed by atoms with E-state index < -0.39 is 9.84 Å². The van der Waals surface area contributed by atoms with Gasteiger partial charge in [0.2, 0.25) is 0 Å². The number of sulfone groups is 1. The van der Waals surface area contributed by atoms with Crippen molar-refractivity contribution in [2.24, 2.45) is 0 Å². The topological polar surface area (TPSA) is 97.4 Å². The Kier molecular flexibility index (Phi) is 7.97. The van der Waals surface area contributed by atoms with Crippen LogP contribution in [0, 0.1) is 0 Å². The van der Waals surface area contributed by atoms with Gasteiger partial charge in [-0.05, 0) is 47.4 Å². The van der Waals surface area contributed by atoms with E-state index in [1.54, 1.807) is 0 Å². The second-order valence-corrected chi connectivity index (χ2v) is 12.1. The van der Waals surface area contributed by atoms with Crippen LogP contribution in [0.25, 0.3) is 11.1 Å². The molecular formula is C30H32O8S. The second-order valence-electron chi connectivity index (χ2n) is 9.86. The van der Waals surface area contributed by atoms with E-state index in [-0.39, 0.29) is 17.6 Å². The van der Waals surface area contributed by atoms with Crippen molar-refractivity contribution in [2.75, 3.05) is 38.9 Å². The van der Waals surface area contributed by atoms with Crippen molar-refractivity contribution in [1.82, 2.24) is 0 Å². The zero-order valence-corrected chi connectivity index (χ0v) is 22.9. The monoisotopic (exact) mass is 552 g/mol. The van der Waals surface area contributed by atoms with Gasteiger partial charge >= 0.3 is 5.97 Å². The summed E-state index contributed by atoms with van der Waals surface area (Å²) in [5, 5.41) is 0. The van der Waals surface area contributed by atoms with Gasteiger partial charge in [0.15, 0.2) is 0 Å². The van der Waals surface area contributed by atoms with Gasteiger partial charge in [-0.3, -0.25) is 4.79 Å². The number of methoxy groups -OCH3 is 1. The zero-order chi connectivity index (χ0) is 27.4. The van der Waals surface area contributed by atoms with Gasteiger partial charge in [0.1, 0.15) is 39.4 Å². The standard InChI is InChI=1S/C30H32O8S/c1-34-30(31)15-22-19-38-28-17-24(6-8-25(22)28)37-18-20-4-5-21-10-12-36-29-16-23(7-9-26(29)27(21)14-20)35-11-3-13-39(2,32)33/h4-9,14,16-17,22H,3,10-13,15,18-19H2,1-2H3/t22-/m1/s1. The molecule has 1 atom stereocenters. The van der Waals surface area contributed by atoms with Crippen LogP contribution in [-0.2, 0) is 32.4 Å². The number of carbonyl (C=O) groups excluding carboxylic acids is 1. The molecule has 0 amide bonds. The van der Waals surface area contributed by atoms with Crippen molar-refractivity contribution >= 4 is 15.8 Å². The van der Waals surface area contributed by atoms with E-state index >= 15 is 0 Å². The molecule has 0 bridgehead atoms. The molecule has 2 aliphatic heterocycles. The predicted molar refractivity (Wildman–Crippen MR) is 147 cm³/mol. The molecule has 3 aromatic rings. The minimum Gasteiger partial charge on any atom is -0.493 e. The molecule has 206 valence electrons. The van der Waals surface area contributed by atoms with Crippen LogP contribution < -0.4 is 18.9 Å². The Labute approximate surface area is 228 Å². The highest BCUT2D eigenvalue weighted by Crippen LogP contribution is 2.40. The Morgan fingerprint density at radius 2 is 1.74 bits per heavy atom. The van der Waals surface area contributed by atoms with E-state index in [9.17, 15) is 13.2 Å². The minimum absolute atomic E-state index is 0.00762. The summed E-state index contributed by atoms with van der Waals surface area (Å²) < 4.78 is 51.2. The maximum atomic E-state index is 11.7. The van der Waals surface area contributed by atoms with E-state index in [1.807, 2.05) is 36.4 Å². The summed E-state index contributed by atoms with van der Waals surface area (Å²) in [6.45, 7) is 1.71. The van der Waals surface area contributed by atoms with Crippen molar-refractivity contribution in [3.63, 3.8) is 0 Å². The highest BCUT2D eigenvalue weighted by molar-refractivity contribution is 7.90. The van der Waals surface area contributed by atoms with E-state index in [1.165, 1.54) is 18.9 Å². The summed E-state index contributed by atoms with van der Waals surface area (Å²) in [4.78, 5) is 11.7. The lowest BCUT2D eigenvalue weighted by Gasteiger charge is -2.14. The molecule has 5 rings (SSSR count). The van der Waals surface area contributed by atoms with E-state index in [0.717, 1.165) is 40.2 Å². The highest BCUT2D eigenvalue weighted by atomic mass is 32.2. The van der Waals surface area contributed by atoms with Gasteiger partial charge in [-0.25, -0.2) is 8.42 Å². The van der Waals surface area contributed by atoms with Crippen molar-refractivity contribution in [3.05, 3.63) is 71.3 Å². The second kappa shape index (κ2) is 11.6. The Hall–Kier alpha value is -3.72. The Bertz CT molecular complexity index is 1460. The molecule has 9 heteroatoms. The molecular weight excluding hydrogens is 520 g/mol. The van der Waals surface area contributed by atoms with E-state index in [2.05, 4.69) is 18.2 Å². The Morgan fingerprint density at radius 1 is 0.949 bits per heavy atom. The lowest BCUT2D eigenvalue weighted by Crippen LogP contribution is -2.09. The number of hydrogen-bond donors (Lipinski definition) is 0. The zero-order valence-electron chi connectivity index (χ0n) is 22.1. The van der Waals surface area contributed by atoms with Crippen molar-refractivity contribution < 1.29 is 36.9 Å². The number of rotatable bonds is 10. The first kappa shape index (κ1) is 26.9. The average Bonchev–Trinajstić information content (AvgIpc) is 3.22. The molecule has 0 aromatic heterocycles. The van der Waals surface area contributed by atoms with Crippen LogP contribution in [-0.4, -0.2) is 53.3 Å². The summed E-state index contributed by atoms with van der Waals surface area (Å²) in [6.07, 6.45) is 2.74. The van der Waals surface area contributed by atoms with E-state index in [4.69, 9.17) is 23.7 Å². The third-order valence-electron chi connectivity index (χ3n) is 6.89. The lowest BCUT2D eigenvalue weighted by molar-refractivity contribution is -0.141. The van der Waals surface area contributed by atoms with Gasteiger partial charge in [0, 0.05) is 41.9 Å². The first-order valence-corrected chi connectivity index (χ1v) is 15.0. The summed E-state index contributed by atoms with van der Waals surface area (Å²) in [5.74, 6) is 2.67. The Balaban J connectivity index is 1.26. The lowest BCUT2D eigenvalue weighted by atomic mass is 9.96. The maximum absolute atomic E-state index is 11.7. The largest absolute Gasteiger partial charge is 0.493 e. The third-order valence-corrected chi connectivity index (χ3v) is 7.92. The molecule has 8 nitrogen and oxygen atoms in total. The summed E-state index contributed by atoms with van der Waals surface area (Å²) in [7, 11) is -1.61. The van der Waals surface area contributed by atoms with Crippen LogP contribution in [0.5, 0.6) is 23.0 Å². The predicted octanol–water partition coefficient (Wildman–Crippen LogP) is 4.72. The fraction of sp³-hybridized carbons (Fsp3) is 0.367. The van der Waals surface area contributed by atoms with Gasteiger partial charge in [0.25, 0.3) is 0 Å². The number of esters is 1. The molecule has 0 N–H and O–H groups in total. The number of fused-ring (bicyclic) bond motifs is 4. The van der Waals surface area contributed by atoms with Crippen LogP contribution in [0.4, 0.5) is 0 Å². The van der Waals surface area contributed by atoms with Crippen LogP contribution in [0.2, 0.25) is 0 Å². The fourth-order valence-corrected chi connectivity index (χ4v) is 5.51. The molecule has 0 fully saturated rings. The maximum Gasteiger partial charge on any atom is 0.306 e. The molecule has 2 heterocycles. The third kappa shape index (κ3) is 6.65. The van der Waals surface area contributed by atoms with Crippen molar-refractivity contribution in [1.29, 1.82) is 0 Å². The summed E-state index contributed by atoms with van der Waals surface area (Å²) in [5.41, 5.74) is 5.29. The van der Waals surface area contributed by atoms with Crippen LogP contribution in [0.15, 0.2) is 54.6 Å². The molecule has 0 radical (unpaired) electrons. The van der Waals surface area contributed by atoms with Gasteiger partial charge in [0.05, 0.1) is 39.1 Å². The molecule has 0 aliphatic carbocycles. The fourth-order valence-electron chi connectivity index (χ4n) is 4.87. The number of benzene rings is 3. The van der Waals surface area contributed by atoms with E-state index in [0.29, 0.717) is 50.8 Å². The van der Waals surface area contributed by atoms with Gasteiger partial charge in [-0.1, -0.05) is 18.2 Å². The van der Waals surface area contributed by atoms with Crippen LogP contribution in [0.3, 0.4) is 0 Å². The smallest absolute Gasteiger partial charge is 0.306 e. The van der Waals surface area contributed by atoms with Gasteiger partial charge in [-0.15, -0.1) is 0 Å². The highest BCUT2D eigenvalue weighted by Gasteiger charge is 2.27. The average molecular weight is 553 g/mol. The molecule has 0 spiro atoms. The Morgan fingerprint density at radius 3 is 2.56 bits per heavy atom. The molecule has 0 saturated heterocycles. The molecule has 39 heavy (non-hydrogen) atoms. The number of hydrogen-bond acceptors (Lipinski definition) is 8. The molecule has 0 unspecified atom stereocenters. The normalized spacial score (nSPS) is 15.6. The summed E-state index contributed by atoms with van der Waals surface area (Å²) >= 11 is 0. The van der Waals surface area contributed by atoms with Crippen molar-refractivity contribution in [2.45, 2.75) is 31.8 Å². The quantitative estimate of drug-likeness (QED) is 0.263. The van der Waals surface area contributed by atoms with Crippen LogP contribution in [0.1, 0.15) is 35.4 Å². The van der Waals surface area contributed by atoms with Crippen molar-refractivity contribution in [3.8, 4) is 34.1 Å². The first-order valence-electron chi connectivity index (χ1n) is 12.9. The van der Waals surface area contributed by atoms with Crippen LogP contribution >= 0.6 is 0 Å². The molecule has 3 aromatic carbocycles. The summed E-state index contributed by atoms with van der Waals surface area (Å²) in [6, 6.07) is 17.8. The SMILES string of the molecule is COC(=O)C[C@@H]1COc2cc(OCc3ccc4c(c3)-c3ccc(OCCCS(C)(=O)=O)cc3OCC4)ccc21. The number of ether oxygens (including phenoxy) is 5. The minimum atomic E-state index is -3.00. The number of carbonyl (C=O) groups is 1. The first-order chi connectivity index (χ1) is 18.8.